The normalized spacial score (nSPS) is 17.4. The average molecular weight is 484 g/mol. The van der Waals surface area contributed by atoms with Crippen molar-refractivity contribution in [3.05, 3.63) is 47.5 Å². The van der Waals surface area contributed by atoms with Crippen molar-refractivity contribution in [1.29, 1.82) is 0 Å². The second-order valence-corrected chi connectivity index (χ2v) is 10.7. The molecule has 2 aromatic carbocycles. The van der Waals surface area contributed by atoms with Gasteiger partial charge in [-0.05, 0) is 56.0 Å². The second kappa shape index (κ2) is 8.32. The number of aromatic nitrogens is 3. The van der Waals surface area contributed by atoms with Crippen LogP contribution in [0, 0.1) is 0 Å². The van der Waals surface area contributed by atoms with Gasteiger partial charge < -0.3 is 4.90 Å². The molecule has 1 saturated carbocycles. The molecular formula is C23H22ClN5OS2. The van der Waals surface area contributed by atoms with Crippen LogP contribution < -0.4 is 9.80 Å². The zero-order chi connectivity index (χ0) is 21.7. The highest BCUT2D eigenvalue weighted by atomic mass is 35.5. The van der Waals surface area contributed by atoms with Crippen LogP contribution in [0.15, 0.2) is 57.4 Å². The van der Waals surface area contributed by atoms with E-state index in [0.717, 1.165) is 58.2 Å². The summed E-state index contributed by atoms with van der Waals surface area (Å²) in [5.74, 6) is 1.27. The smallest absolute Gasteiger partial charge is 0.242 e. The molecule has 0 radical (unpaired) electrons. The van der Waals surface area contributed by atoms with E-state index < -0.39 is 0 Å². The van der Waals surface area contributed by atoms with Gasteiger partial charge in [-0.3, -0.25) is 14.3 Å². The van der Waals surface area contributed by atoms with Crippen molar-refractivity contribution in [3.63, 3.8) is 0 Å². The van der Waals surface area contributed by atoms with Crippen molar-refractivity contribution >= 4 is 58.4 Å². The maximum absolute atomic E-state index is 13.6. The van der Waals surface area contributed by atoms with Crippen molar-refractivity contribution in [1.82, 2.24) is 14.8 Å². The molecular weight excluding hydrogens is 462 g/mol. The molecule has 9 heteroatoms. The van der Waals surface area contributed by atoms with Crippen LogP contribution in [0.25, 0.3) is 0 Å². The molecule has 1 aromatic heterocycles. The summed E-state index contributed by atoms with van der Waals surface area (Å²) in [7, 11) is 0. The number of para-hydroxylation sites is 1. The first kappa shape index (κ1) is 20.4. The van der Waals surface area contributed by atoms with Crippen molar-refractivity contribution in [3.8, 4) is 0 Å². The van der Waals surface area contributed by atoms with Crippen LogP contribution in [0.3, 0.4) is 0 Å². The Morgan fingerprint density at radius 3 is 2.66 bits per heavy atom. The minimum absolute atomic E-state index is 0.0133. The zero-order valence-corrected chi connectivity index (χ0v) is 19.8. The second-order valence-electron chi connectivity index (χ2n) is 8.28. The topological polar surface area (TPSA) is 54.3 Å². The fraction of sp³-hybridized carbons (Fsp3) is 0.348. The molecule has 3 heterocycles. The van der Waals surface area contributed by atoms with Crippen LogP contribution in [0.1, 0.15) is 31.7 Å². The van der Waals surface area contributed by atoms with Crippen LogP contribution in [-0.4, -0.2) is 39.5 Å². The summed E-state index contributed by atoms with van der Waals surface area (Å²) in [6.07, 6.45) is 4.71. The van der Waals surface area contributed by atoms with E-state index in [-0.39, 0.29) is 11.7 Å². The molecule has 0 bridgehead atoms. The average Bonchev–Trinajstić information content (AvgIpc) is 3.31. The fourth-order valence-corrected chi connectivity index (χ4v) is 6.39. The van der Waals surface area contributed by atoms with Gasteiger partial charge in [0.1, 0.15) is 0 Å². The lowest BCUT2D eigenvalue weighted by molar-refractivity contribution is -0.115. The summed E-state index contributed by atoms with van der Waals surface area (Å²) in [6.45, 7) is 2.07. The van der Waals surface area contributed by atoms with Gasteiger partial charge in [-0.2, -0.15) is 0 Å². The maximum Gasteiger partial charge on any atom is 0.242 e. The molecule has 6 nitrogen and oxygen atoms in total. The molecule has 0 unspecified atom stereocenters. The quantitative estimate of drug-likeness (QED) is 0.428. The Bertz CT molecular complexity index is 1190. The predicted octanol–water partition coefficient (Wildman–Crippen LogP) is 5.79. The molecule has 32 heavy (non-hydrogen) atoms. The van der Waals surface area contributed by atoms with E-state index in [2.05, 4.69) is 25.7 Å². The minimum Gasteiger partial charge on any atom is -0.341 e. The first-order valence-corrected chi connectivity index (χ1v) is 13.1. The molecule has 1 saturated heterocycles. The van der Waals surface area contributed by atoms with Crippen LogP contribution in [0.5, 0.6) is 0 Å². The number of carbonyl (C=O) groups is 1. The third kappa shape index (κ3) is 3.68. The Hall–Kier alpha value is -2.16. The summed E-state index contributed by atoms with van der Waals surface area (Å²) in [5.41, 5.74) is 1.74. The molecule has 3 aromatic rings. The fourth-order valence-electron chi connectivity index (χ4n) is 4.34. The van der Waals surface area contributed by atoms with E-state index in [1.165, 1.54) is 24.6 Å². The molecule has 1 aliphatic carbocycles. The lowest BCUT2D eigenvalue weighted by Gasteiger charge is -2.31. The standard InChI is InChI=1S/C23H22ClN5OS2/c24-15-7-10-20-18(13-15)29(17-5-1-2-6-19(17)32-20)21(30)14-31-23-26-25-22(27-11-3-4-12-27)28(23)16-8-9-16/h1-2,5-7,10,13,16H,3-4,8-9,11-12,14H2. The van der Waals surface area contributed by atoms with Gasteiger partial charge in [-0.15, -0.1) is 10.2 Å². The van der Waals surface area contributed by atoms with Crippen LogP contribution in [0.4, 0.5) is 17.3 Å². The van der Waals surface area contributed by atoms with Gasteiger partial charge in [0.15, 0.2) is 5.16 Å². The molecule has 2 fully saturated rings. The monoisotopic (exact) mass is 483 g/mol. The summed E-state index contributed by atoms with van der Waals surface area (Å²) in [4.78, 5) is 19.8. The SMILES string of the molecule is O=C(CSc1nnc(N2CCCC2)n1C1CC1)N1c2ccccc2Sc2ccc(Cl)cc21. The Labute approximate surface area is 200 Å². The van der Waals surface area contributed by atoms with Crippen molar-refractivity contribution < 1.29 is 4.79 Å². The molecule has 0 atom stereocenters. The summed E-state index contributed by atoms with van der Waals surface area (Å²) in [6, 6.07) is 14.2. The van der Waals surface area contributed by atoms with Crippen molar-refractivity contribution in [2.24, 2.45) is 0 Å². The number of nitrogens with zero attached hydrogens (tertiary/aromatic N) is 5. The van der Waals surface area contributed by atoms with E-state index >= 15 is 0 Å². The highest BCUT2D eigenvalue weighted by molar-refractivity contribution is 8.00. The lowest BCUT2D eigenvalue weighted by atomic mass is 10.2. The van der Waals surface area contributed by atoms with Crippen molar-refractivity contribution in [2.45, 2.75) is 46.7 Å². The Morgan fingerprint density at radius 2 is 1.84 bits per heavy atom. The Balaban J connectivity index is 1.28. The number of hydrogen-bond acceptors (Lipinski definition) is 6. The number of thioether (sulfide) groups is 1. The number of hydrogen-bond donors (Lipinski definition) is 0. The lowest BCUT2D eigenvalue weighted by Crippen LogP contribution is -2.30. The number of anilines is 3. The molecule has 2 aliphatic heterocycles. The molecule has 164 valence electrons. The Morgan fingerprint density at radius 1 is 1.06 bits per heavy atom. The first-order valence-electron chi connectivity index (χ1n) is 10.9. The predicted molar refractivity (Wildman–Crippen MR) is 130 cm³/mol. The van der Waals surface area contributed by atoms with Crippen LogP contribution >= 0.6 is 35.1 Å². The van der Waals surface area contributed by atoms with E-state index in [9.17, 15) is 4.79 Å². The number of amides is 1. The third-order valence-corrected chi connectivity index (χ3v) is 8.30. The van der Waals surface area contributed by atoms with Crippen LogP contribution in [0.2, 0.25) is 5.02 Å². The first-order chi connectivity index (χ1) is 15.7. The minimum atomic E-state index is 0.0133. The van der Waals surface area contributed by atoms with Gasteiger partial charge >= 0.3 is 0 Å². The van der Waals surface area contributed by atoms with Gasteiger partial charge in [-0.1, -0.05) is 47.3 Å². The number of halogens is 1. The number of carbonyl (C=O) groups excluding carboxylic acids is 1. The summed E-state index contributed by atoms with van der Waals surface area (Å²) >= 11 is 9.45. The molecule has 3 aliphatic rings. The number of benzene rings is 2. The molecule has 0 spiro atoms. The van der Waals surface area contributed by atoms with Crippen LogP contribution in [-0.2, 0) is 4.79 Å². The number of fused-ring (bicyclic) bond motifs is 2. The third-order valence-electron chi connectivity index (χ3n) is 6.01. The van der Waals surface area contributed by atoms with Gasteiger partial charge in [-0.25, -0.2) is 0 Å². The summed E-state index contributed by atoms with van der Waals surface area (Å²) < 4.78 is 2.26. The number of rotatable bonds is 5. The zero-order valence-electron chi connectivity index (χ0n) is 17.4. The van der Waals surface area contributed by atoms with Gasteiger partial charge in [0.05, 0.1) is 17.1 Å². The highest BCUT2D eigenvalue weighted by Crippen LogP contribution is 2.49. The van der Waals surface area contributed by atoms with E-state index in [1.54, 1.807) is 16.7 Å². The van der Waals surface area contributed by atoms with Crippen molar-refractivity contribution in [2.75, 3.05) is 28.6 Å². The van der Waals surface area contributed by atoms with E-state index in [1.807, 2.05) is 36.4 Å². The van der Waals surface area contributed by atoms with Gasteiger partial charge in [0, 0.05) is 33.9 Å². The van der Waals surface area contributed by atoms with Gasteiger partial charge in [0.25, 0.3) is 0 Å². The summed E-state index contributed by atoms with van der Waals surface area (Å²) in [5, 5.41) is 10.5. The molecule has 1 amide bonds. The van der Waals surface area contributed by atoms with E-state index in [4.69, 9.17) is 11.6 Å². The molecule has 6 rings (SSSR count). The maximum atomic E-state index is 13.6. The Kier molecular flexibility index (Phi) is 5.31. The van der Waals surface area contributed by atoms with Gasteiger partial charge in [0.2, 0.25) is 11.9 Å². The highest BCUT2D eigenvalue weighted by Gasteiger charge is 2.33. The van der Waals surface area contributed by atoms with E-state index in [0.29, 0.717) is 11.1 Å². The molecule has 0 N–H and O–H groups in total. The largest absolute Gasteiger partial charge is 0.341 e.